The lowest BCUT2D eigenvalue weighted by atomic mass is 9.86. The standard InChI is InChI=1S/C16H23NO2/c1-6-11(2)17-15(19)14(18)12-7-9-13(10-8-12)16(3,4)5/h7-11H,6H2,1-5H3,(H,17,19). The second kappa shape index (κ2) is 6.00. The van der Waals surface area contributed by atoms with Gasteiger partial charge in [-0.3, -0.25) is 9.59 Å². The van der Waals surface area contributed by atoms with Crippen LogP contribution < -0.4 is 5.32 Å². The van der Waals surface area contributed by atoms with E-state index in [1.807, 2.05) is 26.0 Å². The number of rotatable bonds is 4. The van der Waals surface area contributed by atoms with E-state index >= 15 is 0 Å². The maximum atomic E-state index is 11.9. The van der Waals surface area contributed by atoms with Crippen LogP contribution in [0.4, 0.5) is 0 Å². The summed E-state index contributed by atoms with van der Waals surface area (Å²) in [4.78, 5) is 23.7. The predicted octanol–water partition coefficient (Wildman–Crippen LogP) is 3.08. The third-order valence-electron chi connectivity index (χ3n) is 3.21. The molecule has 1 N–H and O–H groups in total. The fraction of sp³-hybridized carbons (Fsp3) is 0.500. The molecule has 0 heterocycles. The van der Waals surface area contributed by atoms with Crippen LogP contribution in [0.1, 0.15) is 57.0 Å². The van der Waals surface area contributed by atoms with Gasteiger partial charge in [-0.1, -0.05) is 52.0 Å². The van der Waals surface area contributed by atoms with Crippen molar-refractivity contribution >= 4 is 11.7 Å². The van der Waals surface area contributed by atoms with Crippen LogP contribution in [0.2, 0.25) is 0 Å². The van der Waals surface area contributed by atoms with E-state index in [1.54, 1.807) is 12.1 Å². The zero-order valence-electron chi connectivity index (χ0n) is 12.4. The smallest absolute Gasteiger partial charge is 0.292 e. The van der Waals surface area contributed by atoms with Gasteiger partial charge >= 0.3 is 0 Å². The second-order valence-corrected chi connectivity index (χ2v) is 5.94. The first kappa shape index (κ1) is 15.4. The molecule has 0 aromatic heterocycles. The van der Waals surface area contributed by atoms with E-state index in [0.717, 1.165) is 12.0 Å². The highest BCUT2D eigenvalue weighted by molar-refractivity contribution is 6.42. The Morgan fingerprint density at radius 2 is 1.68 bits per heavy atom. The van der Waals surface area contributed by atoms with Crippen LogP contribution in [0.15, 0.2) is 24.3 Å². The Balaban J connectivity index is 2.81. The number of amides is 1. The molecule has 19 heavy (non-hydrogen) atoms. The van der Waals surface area contributed by atoms with Gasteiger partial charge in [-0.25, -0.2) is 0 Å². The van der Waals surface area contributed by atoms with Crippen LogP contribution in [0, 0.1) is 0 Å². The molecule has 1 amide bonds. The van der Waals surface area contributed by atoms with E-state index < -0.39 is 11.7 Å². The molecule has 0 fully saturated rings. The van der Waals surface area contributed by atoms with E-state index in [1.165, 1.54) is 0 Å². The largest absolute Gasteiger partial charge is 0.347 e. The number of benzene rings is 1. The lowest BCUT2D eigenvalue weighted by molar-refractivity contribution is -0.117. The molecule has 0 saturated carbocycles. The lowest BCUT2D eigenvalue weighted by Gasteiger charge is -2.19. The van der Waals surface area contributed by atoms with E-state index in [4.69, 9.17) is 0 Å². The van der Waals surface area contributed by atoms with E-state index in [2.05, 4.69) is 26.1 Å². The van der Waals surface area contributed by atoms with Crippen LogP contribution >= 0.6 is 0 Å². The van der Waals surface area contributed by atoms with Crippen LogP contribution in [-0.4, -0.2) is 17.7 Å². The van der Waals surface area contributed by atoms with Crippen molar-refractivity contribution in [3.05, 3.63) is 35.4 Å². The fourth-order valence-electron chi connectivity index (χ4n) is 1.64. The first-order valence-corrected chi connectivity index (χ1v) is 6.71. The summed E-state index contributed by atoms with van der Waals surface area (Å²) in [5.74, 6) is -1.00. The first-order chi connectivity index (χ1) is 8.75. The number of ketones is 1. The number of hydrogen-bond donors (Lipinski definition) is 1. The summed E-state index contributed by atoms with van der Waals surface area (Å²) >= 11 is 0. The molecule has 0 bridgehead atoms. The topological polar surface area (TPSA) is 46.2 Å². The highest BCUT2D eigenvalue weighted by Gasteiger charge is 2.19. The van der Waals surface area contributed by atoms with Gasteiger partial charge in [0.1, 0.15) is 0 Å². The number of carbonyl (C=O) groups is 2. The van der Waals surface area contributed by atoms with Crippen molar-refractivity contribution in [2.24, 2.45) is 0 Å². The predicted molar refractivity (Wildman–Crippen MR) is 77.4 cm³/mol. The van der Waals surface area contributed by atoms with Crippen LogP contribution in [0.25, 0.3) is 0 Å². The van der Waals surface area contributed by atoms with Crippen molar-refractivity contribution in [3.8, 4) is 0 Å². The SMILES string of the molecule is CCC(C)NC(=O)C(=O)c1ccc(C(C)(C)C)cc1. The van der Waals surface area contributed by atoms with Crippen LogP contribution in [0.5, 0.6) is 0 Å². The fourth-order valence-corrected chi connectivity index (χ4v) is 1.64. The molecule has 0 aliphatic carbocycles. The molecule has 1 aromatic rings. The minimum absolute atomic E-state index is 0.0188. The maximum absolute atomic E-state index is 11.9. The van der Waals surface area contributed by atoms with Crippen LogP contribution in [0.3, 0.4) is 0 Å². The quantitative estimate of drug-likeness (QED) is 0.668. The van der Waals surface area contributed by atoms with Crippen molar-refractivity contribution in [2.75, 3.05) is 0 Å². The van der Waals surface area contributed by atoms with Crippen molar-refractivity contribution in [1.29, 1.82) is 0 Å². The van der Waals surface area contributed by atoms with Crippen molar-refractivity contribution in [1.82, 2.24) is 5.32 Å². The highest BCUT2D eigenvalue weighted by Crippen LogP contribution is 2.22. The Labute approximate surface area is 115 Å². The number of Topliss-reactive ketones (excluding diaryl/α,β-unsaturated/α-hetero) is 1. The molecule has 104 valence electrons. The Bertz CT molecular complexity index is 455. The van der Waals surface area contributed by atoms with Crippen molar-refractivity contribution in [2.45, 2.75) is 52.5 Å². The molecule has 1 rings (SSSR count). The summed E-state index contributed by atoms with van der Waals surface area (Å²) < 4.78 is 0. The van der Waals surface area contributed by atoms with Gasteiger partial charge in [-0.05, 0) is 24.3 Å². The summed E-state index contributed by atoms with van der Waals surface area (Å²) in [7, 11) is 0. The van der Waals surface area contributed by atoms with Gasteiger partial charge in [0, 0.05) is 11.6 Å². The molecule has 0 radical (unpaired) electrons. The molecule has 1 atom stereocenters. The number of nitrogens with one attached hydrogen (secondary N) is 1. The molecular weight excluding hydrogens is 238 g/mol. The van der Waals surface area contributed by atoms with Gasteiger partial charge in [0.25, 0.3) is 5.91 Å². The lowest BCUT2D eigenvalue weighted by Crippen LogP contribution is -2.37. The molecular formula is C16H23NO2. The third-order valence-corrected chi connectivity index (χ3v) is 3.21. The van der Waals surface area contributed by atoms with Crippen molar-refractivity contribution in [3.63, 3.8) is 0 Å². The Hall–Kier alpha value is -1.64. The molecule has 3 heteroatoms. The van der Waals surface area contributed by atoms with Gasteiger partial charge in [0.05, 0.1) is 0 Å². The summed E-state index contributed by atoms with van der Waals surface area (Å²) in [6, 6.07) is 7.27. The Morgan fingerprint density at radius 1 is 1.16 bits per heavy atom. The molecule has 1 unspecified atom stereocenters. The molecule has 0 saturated heterocycles. The van der Waals surface area contributed by atoms with Gasteiger partial charge in [0.15, 0.2) is 0 Å². The molecule has 3 nitrogen and oxygen atoms in total. The zero-order valence-corrected chi connectivity index (χ0v) is 12.4. The average molecular weight is 261 g/mol. The molecule has 0 spiro atoms. The van der Waals surface area contributed by atoms with Gasteiger partial charge in [0.2, 0.25) is 5.78 Å². The third kappa shape index (κ3) is 4.19. The first-order valence-electron chi connectivity index (χ1n) is 6.71. The summed E-state index contributed by atoms with van der Waals surface area (Å²) in [5, 5.41) is 2.68. The van der Waals surface area contributed by atoms with Gasteiger partial charge in [-0.15, -0.1) is 0 Å². The Kier molecular flexibility index (Phi) is 4.87. The monoisotopic (exact) mass is 261 g/mol. The number of carbonyl (C=O) groups excluding carboxylic acids is 2. The average Bonchev–Trinajstić information content (AvgIpc) is 2.36. The summed E-state index contributed by atoms with van der Waals surface area (Å²) in [6.45, 7) is 10.2. The normalized spacial score (nSPS) is 12.9. The maximum Gasteiger partial charge on any atom is 0.292 e. The Morgan fingerprint density at radius 3 is 2.11 bits per heavy atom. The van der Waals surface area contributed by atoms with Crippen LogP contribution in [-0.2, 0) is 10.2 Å². The minimum Gasteiger partial charge on any atom is -0.347 e. The molecule has 1 aromatic carbocycles. The number of hydrogen-bond acceptors (Lipinski definition) is 2. The van der Waals surface area contributed by atoms with Gasteiger partial charge in [-0.2, -0.15) is 0 Å². The van der Waals surface area contributed by atoms with E-state index in [9.17, 15) is 9.59 Å². The molecule has 0 aliphatic heterocycles. The minimum atomic E-state index is -0.530. The van der Waals surface area contributed by atoms with Crippen molar-refractivity contribution < 1.29 is 9.59 Å². The zero-order chi connectivity index (χ0) is 14.6. The van der Waals surface area contributed by atoms with E-state index in [-0.39, 0.29) is 11.5 Å². The molecule has 0 aliphatic rings. The summed E-state index contributed by atoms with van der Waals surface area (Å²) in [6.07, 6.45) is 0.808. The van der Waals surface area contributed by atoms with Gasteiger partial charge < -0.3 is 5.32 Å². The highest BCUT2D eigenvalue weighted by atomic mass is 16.2. The van der Waals surface area contributed by atoms with E-state index in [0.29, 0.717) is 5.56 Å². The summed E-state index contributed by atoms with van der Waals surface area (Å²) in [5.41, 5.74) is 1.63. The second-order valence-electron chi connectivity index (χ2n) is 5.94.